The molecule has 0 radical (unpaired) electrons. The molecule has 0 aliphatic rings. The Morgan fingerprint density at radius 2 is 2.15 bits per heavy atom. The first-order valence-corrected chi connectivity index (χ1v) is 4.01. The number of carbonyl (C=O) groups excluding carboxylic acids is 1. The number of aromatic nitrogens is 3. The van der Waals surface area contributed by atoms with E-state index in [1.807, 2.05) is 13.8 Å². The van der Waals surface area contributed by atoms with Crippen LogP contribution >= 0.6 is 0 Å². The van der Waals surface area contributed by atoms with Crippen molar-refractivity contribution < 1.29 is 4.79 Å². The van der Waals surface area contributed by atoms with Crippen LogP contribution in [0.25, 0.3) is 0 Å². The van der Waals surface area contributed by atoms with E-state index in [1.165, 1.54) is 0 Å². The molecule has 0 aliphatic heterocycles. The van der Waals surface area contributed by atoms with Crippen LogP contribution in [0, 0.1) is 6.92 Å². The molecule has 0 aromatic carbocycles. The largest absolute Gasteiger partial charge is 0.381 e. The molecule has 0 fully saturated rings. The van der Waals surface area contributed by atoms with Gasteiger partial charge in [-0.1, -0.05) is 4.80 Å². The number of amides is 1. The summed E-state index contributed by atoms with van der Waals surface area (Å²) in [5.74, 6) is 0.277. The molecular weight excluding hydrogens is 170 g/mol. The van der Waals surface area contributed by atoms with E-state index >= 15 is 0 Å². The van der Waals surface area contributed by atoms with E-state index in [1.54, 1.807) is 6.92 Å². The van der Waals surface area contributed by atoms with Crippen molar-refractivity contribution in [2.24, 2.45) is 0 Å². The number of rotatable bonds is 1. The predicted octanol–water partition coefficient (Wildman–Crippen LogP) is 0.135. The van der Waals surface area contributed by atoms with Crippen molar-refractivity contribution in [3.05, 3.63) is 5.69 Å². The Balaban J connectivity index is 2.77. The number of hydrogen-bond acceptors (Lipinski definition) is 4. The van der Waals surface area contributed by atoms with Gasteiger partial charge in [0.05, 0.1) is 0 Å². The Bertz CT molecular complexity index is 297. The van der Waals surface area contributed by atoms with Crippen LogP contribution in [0.5, 0.6) is 0 Å². The molecule has 6 nitrogen and oxygen atoms in total. The average Bonchev–Trinajstić information content (AvgIpc) is 2.31. The van der Waals surface area contributed by atoms with Crippen molar-refractivity contribution >= 4 is 11.8 Å². The van der Waals surface area contributed by atoms with Crippen LogP contribution in [0.15, 0.2) is 0 Å². The number of nitrogens with zero attached hydrogens (tertiary/aromatic N) is 3. The van der Waals surface area contributed by atoms with E-state index in [0.29, 0.717) is 5.69 Å². The molecular formula is C7H13N5O. The van der Waals surface area contributed by atoms with Crippen LogP contribution in [-0.2, 0) is 0 Å². The van der Waals surface area contributed by atoms with E-state index in [4.69, 9.17) is 5.73 Å². The van der Waals surface area contributed by atoms with E-state index in [2.05, 4.69) is 15.5 Å². The maximum absolute atomic E-state index is 11.3. The molecule has 0 bridgehead atoms. The fourth-order valence-electron chi connectivity index (χ4n) is 0.786. The number of nitrogens with one attached hydrogen (secondary N) is 1. The topological polar surface area (TPSA) is 85.8 Å². The zero-order valence-corrected chi connectivity index (χ0v) is 7.90. The second-order valence-electron chi connectivity index (χ2n) is 3.06. The molecule has 1 amide bonds. The highest BCUT2D eigenvalue weighted by molar-refractivity contribution is 5.75. The van der Waals surface area contributed by atoms with Crippen LogP contribution < -0.4 is 11.1 Å². The maximum atomic E-state index is 11.3. The second-order valence-corrected chi connectivity index (χ2v) is 3.06. The minimum Gasteiger partial charge on any atom is -0.381 e. The van der Waals surface area contributed by atoms with E-state index in [9.17, 15) is 4.79 Å². The summed E-state index contributed by atoms with van der Waals surface area (Å²) in [6.45, 7) is 5.41. The van der Waals surface area contributed by atoms with Crippen LogP contribution in [0.4, 0.5) is 10.6 Å². The van der Waals surface area contributed by atoms with Gasteiger partial charge in [0.25, 0.3) is 0 Å². The number of anilines is 1. The second kappa shape index (κ2) is 3.42. The predicted molar refractivity (Wildman–Crippen MR) is 48.2 cm³/mol. The molecule has 0 saturated heterocycles. The van der Waals surface area contributed by atoms with Gasteiger partial charge in [-0.25, -0.2) is 4.79 Å². The van der Waals surface area contributed by atoms with Crippen molar-refractivity contribution in [3.8, 4) is 0 Å². The molecule has 72 valence electrons. The van der Waals surface area contributed by atoms with Crippen LogP contribution in [0.3, 0.4) is 0 Å². The quantitative estimate of drug-likeness (QED) is 0.648. The SMILES string of the molecule is Cc1nn(C(=O)NC(C)C)nc1N. The number of carbonyl (C=O) groups is 1. The number of nitrogens with two attached hydrogens (primary N) is 1. The molecule has 1 rings (SSSR count). The average molecular weight is 183 g/mol. The van der Waals surface area contributed by atoms with Gasteiger partial charge in [-0.15, -0.1) is 10.2 Å². The van der Waals surface area contributed by atoms with Gasteiger partial charge in [0.2, 0.25) is 0 Å². The molecule has 0 saturated carbocycles. The molecule has 1 aromatic rings. The van der Waals surface area contributed by atoms with Crippen LogP contribution in [-0.4, -0.2) is 27.1 Å². The molecule has 6 heteroatoms. The summed E-state index contributed by atoms with van der Waals surface area (Å²) in [7, 11) is 0. The first-order valence-electron chi connectivity index (χ1n) is 4.01. The van der Waals surface area contributed by atoms with Crippen molar-refractivity contribution in [2.45, 2.75) is 26.8 Å². The third-order valence-corrected chi connectivity index (χ3v) is 1.41. The lowest BCUT2D eigenvalue weighted by molar-refractivity contribution is 0.233. The van der Waals surface area contributed by atoms with Crippen LogP contribution in [0.2, 0.25) is 0 Å². The molecule has 0 unspecified atom stereocenters. The van der Waals surface area contributed by atoms with Gasteiger partial charge in [-0.05, 0) is 20.8 Å². The Labute approximate surface area is 76.1 Å². The molecule has 0 spiro atoms. The minimum absolute atomic E-state index is 0.0556. The Kier molecular flexibility index (Phi) is 2.50. The van der Waals surface area contributed by atoms with E-state index in [0.717, 1.165) is 4.80 Å². The Morgan fingerprint density at radius 1 is 1.54 bits per heavy atom. The van der Waals surface area contributed by atoms with Gasteiger partial charge < -0.3 is 11.1 Å². The van der Waals surface area contributed by atoms with E-state index in [-0.39, 0.29) is 17.9 Å². The van der Waals surface area contributed by atoms with Gasteiger partial charge in [-0.2, -0.15) is 0 Å². The normalized spacial score (nSPS) is 10.5. The molecule has 0 aliphatic carbocycles. The number of nitrogen functional groups attached to an aromatic ring is 1. The van der Waals surface area contributed by atoms with Crippen molar-refractivity contribution in [1.82, 2.24) is 20.3 Å². The Hall–Kier alpha value is -1.59. The van der Waals surface area contributed by atoms with Gasteiger partial charge in [-0.3, -0.25) is 0 Å². The van der Waals surface area contributed by atoms with Gasteiger partial charge >= 0.3 is 6.03 Å². The number of aryl methyl sites for hydroxylation is 1. The van der Waals surface area contributed by atoms with Crippen LogP contribution in [0.1, 0.15) is 19.5 Å². The lowest BCUT2D eigenvalue weighted by atomic mass is 10.4. The molecule has 1 heterocycles. The highest BCUT2D eigenvalue weighted by atomic mass is 16.2. The minimum atomic E-state index is -0.366. The lowest BCUT2D eigenvalue weighted by Gasteiger charge is -2.05. The summed E-state index contributed by atoms with van der Waals surface area (Å²) in [4.78, 5) is 12.3. The van der Waals surface area contributed by atoms with Crippen molar-refractivity contribution in [2.75, 3.05) is 5.73 Å². The van der Waals surface area contributed by atoms with Crippen molar-refractivity contribution in [1.29, 1.82) is 0 Å². The number of hydrogen-bond donors (Lipinski definition) is 2. The summed E-state index contributed by atoms with van der Waals surface area (Å²) in [6, 6.07) is -0.310. The fourth-order valence-corrected chi connectivity index (χ4v) is 0.786. The molecule has 13 heavy (non-hydrogen) atoms. The van der Waals surface area contributed by atoms with Gasteiger partial charge in [0, 0.05) is 6.04 Å². The summed E-state index contributed by atoms with van der Waals surface area (Å²) in [6.07, 6.45) is 0. The zero-order chi connectivity index (χ0) is 10.0. The fraction of sp³-hybridized carbons (Fsp3) is 0.571. The third-order valence-electron chi connectivity index (χ3n) is 1.41. The first kappa shape index (κ1) is 9.50. The first-order chi connectivity index (χ1) is 6.00. The summed E-state index contributed by atoms with van der Waals surface area (Å²) < 4.78 is 0. The third kappa shape index (κ3) is 2.17. The summed E-state index contributed by atoms with van der Waals surface area (Å²) in [5, 5.41) is 10.2. The lowest BCUT2D eigenvalue weighted by Crippen LogP contribution is -2.35. The van der Waals surface area contributed by atoms with Gasteiger partial charge in [0.1, 0.15) is 5.69 Å². The molecule has 3 N–H and O–H groups in total. The Morgan fingerprint density at radius 3 is 2.54 bits per heavy atom. The summed E-state index contributed by atoms with van der Waals surface area (Å²) >= 11 is 0. The highest BCUT2D eigenvalue weighted by Gasteiger charge is 2.10. The standard InChI is InChI=1S/C7H13N5O/c1-4(2)9-7(13)12-10-5(3)6(8)11-12/h4H,1-3H3,(H2,8,11)(H,9,13). The monoisotopic (exact) mass is 183 g/mol. The van der Waals surface area contributed by atoms with E-state index < -0.39 is 0 Å². The molecule has 0 atom stereocenters. The zero-order valence-electron chi connectivity index (χ0n) is 7.90. The molecule has 1 aromatic heterocycles. The van der Waals surface area contributed by atoms with Crippen molar-refractivity contribution in [3.63, 3.8) is 0 Å². The smallest absolute Gasteiger partial charge is 0.359 e. The highest BCUT2D eigenvalue weighted by Crippen LogP contribution is 2.00. The van der Waals surface area contributed by atoms with Gasteiger partial charge in [0.15, 0.2) is 5.82 Å². The maximum Gasteiger partial charge on any atom is 0.359 e. The summed E-state index contributed by atoms with van der Waals surface area (Å²) in [5.41, 5.74) is 5.99.